The van der Waals surface area contributed by atoms with Gasteiger partial charge in [0.05, 0.1) is 12.0 Å². The number of rotatable bonds is 6. The number of amides is 1. The van der Waals surface area contributed by atoms with Crippen molar-refractivity contribution in [3.63, 3.8) is 0 Å². The van der Waals surface area contributed by atoms with Gasteiger partial charge in [0, 0.05) is 61.3 Å². The van der Waals surface area contributed by atoms with Gasteiger partial charge in [0.25, 0.3) is 5.56 Å². The van der Waals surface area contributed by atoms with Crippen LogP contribution in [-0.4, -0.2) is 44.2 Å². The highest BCUT2D eigenvalue weighted by Crippen LogP contribution is 2.49. The first kappa shape index (κ1) is 21.1. The van der Waals surface area contributed by atoms with E-state index >= 15 is 0 Å². The third-order valence-electron chi connectivity index (χ3n) is 7.41. The summed E-state index contributed by atoms with van der Waals surface area (Å²) in [7, 11) is 0. The molecule has 4 atom stereocenters. The van der Waals surface area contributed by atoms with Gasteiger partial charge in [-0.1, -0.05) is 12.2 Å². The van der Waals surface area contributed by atoms with Gasteiger partial charge < -0.3 is 15.0 Å². The molecule has 5 rings (SSSR count). The lowest BCUT2D eigenvalue weighted by Gasteiger charge is -2.38. The lowest BCUT2D eigenvalue weighted by atomic mass is 9.85. The molecule has 0 radical (unpaired) electrons. The summed E-state index contributed by atoms with van der Waals surface area (Å²) >= 11 is 0. The molecule has 1 amide bonds. The first-order valence-corrected chi connectivity index (χ1v) is 11.5. The number of aliphatic hydroxyl groups is 1. The van der Waals surface area contributed by atoms with Crippen molar-refractivity contribution in [2.24, 2.45) is 11.8 Å². The molecule has 0 aromatic carbocycles. The number of allylic oxidation sites excluding steroid dienone is 1. The van der Waals surface area contributed by atoms with Crippen LogP contribution in [0.3, 0.4) is 0 Å². The average Bonchev–Trinajstić information content (AvgIpc) is 2.98. The van der Waals surface area contributed by atoms with E-state index in [0.29, 0.717) is 18.7 Å². The lowest BCUT2D eigenvalue weighted by molar-refractivity contribution is -0.128. The summed E-state index contributed by atoms with van der Waals surface area (Å²) < 4.78 is 1.83. The van der Waals surface area contributed by atoms with Crippen molar-refractivity contribution in [2.75, 3.05) is 6.61 Å². The minimum Gasteiger partial charge on any atom is -0.396 e. The van der Waals surface area contributed by atoms with Crippen molar-refractivity contribution in [3.05, 3.63) is 69.9 Å². The summed E-state index contributed by atoms with van der Waals surface area (Å²) in [6.45, 7) is 2.93. The second-order valence-corrected chi connectivity index (χ2v) is 9.18. The molecule has 1 saturated heterocycles. The zero-order valence-corrected chi connectivity index (χ0v) is 18.4. The normalized spacial score (nSPS) is 27.3. The predicted octanol–water partition coefficient (Wildman–Crippen LogP) is 2.11. The number of aromatic nitrogens is 2. The number of aliphatic hydroxyl groups excluding tert-OH is 1. The Bertz CT molecular complexity index is 1080. The van der Waals surface area contributed by atoms with Gasteiger partial charge >= 0.3 is 0 Å². The number of carbonyl (C=O) groups excluding carboxylic acids is 1. The van der Waals surface area contributed by atoms with E-state index in [9.17, 15) is 14.7 Å². The molecule has 2 fully saturated rings. The van der Waals surface area contributed by atoms with E-state index in [2.05, 4.69) is 15.2 Å². The van der Waals surface area contributed by atoms with Gasteiger partial charge in [0.15, 0.2) is 0 Å². The van der Waals surface area contributed by atoms with Crippen molar-refractivity contribution < 1.29 is 9.90 Å². The quantitative estimate of drug-likeness (QED) is 0.727. The van der Waals surface area contributed by atoms with Crippen LogP contribution in [0.15, 0.2) is 47.5 Å². The van der Waals surface area contributed by atoms with Crippen LogP contribution in [0.5, 0.6) is 0 Å². The molecule has 2 N–H and O–H groups in total. The topological polar surface area (TPSA) is 87.5 Å². The van der Waals surface area contributed by atoms with Crippen molar-refractivity contribution in [1.29, 1.82) is 0 Å². The highest BCUT2D eigenvalue weighted by atomic mass is 16.3. The van der Waals surface area contributed by atoms with Crippen LogP contribution in [0, 0.1) is 11.8 Å². The first-order chi connectivity index (χ1) is 15.6. The van der Waals surface area contributed by atoms with Gasteiger partial charge in [0.2, 0.25) is 5.91 Å². The van der Waals surface area contributed by atoms with E-state index in [1.54, 1.807) is 12.4 Å². The summed E-state index contributed by atoms with van der Waals surface area (Å²) in [6.07, 6.45) is 10.4. The predicted molar refractivity (Wildman–Crippen MR) is 122 cm³/mol. The van der Waals surface area contributed by atoms with Gasteiger partial charge in [-0.3, -0.25) is 19.5 Å². The number of fused-ring (bicyclic) bond motifs is 4. The minimum absolute atomic E-state index is 0.000548. The first-order valence-electron chi connectivity index (χ1n) is 11.5. The van der Waals surface area contributed by atoms with Crippen molar-refractivity contribution in [1.82, 2.24) is 19.8 Å². The number of hydrogen-bond acceptors (Lipinski definition) is 5. The van der Waals surface area contributed by atoms with E-state index in [1.165, 1.54) is 0 Å². The summed E-state index contributed by atoms with van der Waals surface area (Å²) in [4.78, 5) is 33.1. The SMILES string of the molecule is C/C=C/c1ccc2n(c1=O)C[C@@H]1[C@@H](CO)[C@H](C(=O)NC3CCC3)[C@H]2N1Cc1ccncc1. The molecular weight excluding hydrogens is 404 g/mol. The Morgan fingerprint density at radius 2 is 2.03 bits per heavy atom. The van der Waals surface area contributed by atoms with Crippen LogP contribution < -0.4 is 10.9 Å². The zero-order valence-electron chi connectivity index (χ0n) is 18.4. The van der Waals surface area contributed by atoms with E-state index in [-0.39, 0.29) is 42.1 Å². The Hall–Kier alpha value is -2.77. The Labute approximate surface area is 187 Å². The zero-order chi connectivity index (χ0) is 22.2. The molecule has 7 nitrogen and oxygen atoms in total. The highest BCUT2D eigenvalue weighted by Gasteiger charge is 2.55. The molecule has 1 saturated carbocycles. The lowest BCUT2D eigenvalue weighted by Crippen LogP contribution is -2.47. The third kappa shape index (κ3) is 3.49. The number of hydrogen-bond donors (Lipinski definition) is 2. The number of pyridine rings is 2. The Kier molecular flexibility index (Phi) is 5.69. The molecule has 1 aliphatic carbocycles. The number of nitrogens with zero attached hydrogens (tertiary/aromatic N) is 3. The fourth-order valence-electron chi connectivity index (χ4n) is 5.61. The minimum atomic E-state index is -0.395. The van der Waals surface area contributed by atoms with Gasteiger partial charge in [-0.2, -0.15) is 0 Å². The number of carbonyl (C=O) groups is 1. The fourth-order valence-corrected chi connectivity index (χ4v) is 5.61. The van der Waals surface area contributed by atoms with Gasteiger partial charge in [0.1, 0.15) is 0 Å². The largest absolute Gasteiger partial charge is 0.396 e. The van der Waals surface area contributed by atoms with Crippen LogP contribution in [0.25, 0.3) is 6.08 Å². The van der Waals surface area contributed by atoms with E-state index in [0.717, 1.165) is 30.5 Å². The van der Waals surface area contributed by atoms with Crippen LogP contribution in [0.1, 0.15) is 49.0 Å². The molecule has 2 aromatic heterocycles. The molecule has 0 unspecified atom stereocenters. The molecule has 2 aliphatic heterocycles. The fraction of sp³-hybridized carbons (Fsp3) is 0.480. The molecule has 2 bridgehead atoms. The maximum Gasteiger partial charge on any atom is 0.258 e. The van der Waals surface area contributed by atoms with Crippen molar-refractivity contribution in [3.8, 4) is 0 Å². The van der Waals surface area contributed by atoms with Crippen LogP contribution in [0.2, 0.25) is 0 Å². The second kappa shape index (κ2) is 8.64. The van der Waals surface area contributed by atoms with Gasteiger partial charge in [-0.25, -0.2) is 0 Å². The summed E-state index contributed by atoms with van der Waals surface area (Å²) in [6, 6.07) is 7.68. The van der Waals surface area contributed by atoms with Crippen molar-refractivity contribution in [2.45, 2.75) is 57.4 Å². The Balaban J connectivity index is 1.58. The highest BCUT2D eigenvalue weighted by molar-refractivity contribution is 5.81. The van der Waals surface area contributed by atoms with Crippen LogP contribution >= 0.6 is 0 Å². The average molecular weight is 435 g/mol. The third-order valence-corrected chi connectivity index (χ3v) is 7.41. The second-order valence-electron chi connectivity index (χ2n) is 9.18. The Morgan fingerprint density at radius 1 is 1.25 bits per heavy atom. The standard InChI is InChI=1S/C25H30N4O3/c1-2-4-17-7-8-20-23-22(24(31)27-18-5-3-6-18)19(15-30)21(14-29(20)25(17)32)28(23)13-16-9-11-26-12-10-16/h2,4,7-12,18-19,21-23,30H,3,5-6,13-15H2,1H3,(H,27,31)/b4-2+/t19-,21-,22+,23+/m1/s1. The summed E-state index contributed by atoms with van der Waals surface area (Å²) in [5.41, 5.74) is 2.58. The van der Waals surface area contributed by atoms with Crippen molar-refractivity contribution >= 4 is 12.0 Å². The molecular formula is C25H30N4O3. The molecule has 0 spiro atoms. The van der Waals surface area contributed by atoms with Gasteiger partial charge in [-0.05, 0) is 56.0 Å². The van der Waals surface area contributed by atoms with E-state index in [1.807, 2.05) is 47.9 Å². The maximum atomic E-state index is 13.5. The monoisotopic (exact) mass is 434 g/mol. The van der Waals surface area contributed by atoms with Gasteiger partial charge in [-0.15, -0.1) is 0 Å². The maximum absolute atomic E-state index is 13.5. The smallest absolute Gasteiger partial charge is 0.258 e. The van der Waals surface area contributed by atoms with E-state index in [4.69, 9.17) is 0 Å². The molecule has 3 aliphatic rings. The van der Waals surface area contributed by atoms with Crippen LogP contribution in [-0.2, 0) is 17.9 Å². The summed E-state index contributed by atoms with van der Waals surface area (Å²) in [5.74, 6) is -0.626. The van der Waals surface area contributed by atoms with Crippen LogP contribution in [0.4, 0.5) is 0 Å². The Morgan fingerprint density at radius 3 is 2.69 bits per heavy atom. The molecule has 7 heteroatoms. The molecule has 168 valence electrons. The summed E-state index contributed by atoms with van der Waals surface area (Å²) in [5, 5.41) is 13.6. The molecule has 2 aromatic rings. The number of nitrogens with one attached hydrogen (secondary N) is 1. The molecule has 4 heterocycles. The van der Waals surface area contributed by atoms with E-state index < -0.39 is 5.92 Å². The molecule has 32 heavy (non-hydrogen) atoms.